The second-order valence-electron chi connectivity index (χ2n) is 5.20. The number of fused-ring (bicyclic) bond motifs is 1. The fourth-order valence-electron chi connectivity index (χ4n) is 2.52. The highest BCUT2D eigenvalue weighted by molar-refractivity contribution is 6.02. The van der Waals surface area contributed by atoms with Gasteiger partial charge in [-0.25, -0.2) is 14.5 Å². The molecule has 0 aliphatic rings. The zero-order valence-corrected chi connectivity index (χ0v) is 11.9. The van der Waals surface area contributed by atoms with Gasteiger partial charge in [0.2, 0.25) is 0 Å². The average Bonchev–Trinajstić information content (AvgIpc) is 3.06. The van der Waals surface area contributed by atoms with Crippen molar-refractivity contribution in [3.8, 4) is 0 Å². The van der Waals surface area contributed by atoms with Crippen molar-refractivity contribution in [3.05, 3.63) is 48.2 Å². The number of hydrogen-bond acceptors (Lipinski definition) is 3. The Morgan fingerprint density at radius 2 is 2.14 bits per heavy atom. The molecule has 3 rings (SSSR count). The molecule has 21 heavy (non-hydrogen) atoms. The highest BCUT2D eigenvalue weighted by atomic mass is 16.4. The predicted molar refractivity (Wildman–Crippen MR) is 78.4 cm³/mol. The van der Waals surface area contributed by atoms with E-state index < -0.39 is 5.97 Å². The third-order valence-electron chi connectivity index (χ3n) is 3.49. The van der Waals surface area contributed by atoms with E-state index in [-0.39, 0.29) is 6.04 Å². The maximum atomic E-state index is 11.2. The lowest BCUT2D eigenvalue weighted by atomic mass is 10.1. The third kappa shape index (κ3) is 2.29. The predicted octanol–water partition coefficient (Wildman–Crippen LogP) is 2.56. The number of carboxylic acid groups (broad SMARTS) is 1. The average molecular weight is 284 g/mol. The van der Waals surface area contributed by atoms with Crippen molar-refractivity contribution in [2.45, 2.75) is 26.4 Å². The van der Waals surface area contributed by atoms with Crippen LogP contribution in [-0.2, 0) is 6.54 Å². The first kappa shape index (κ1) is 13.4. The van der Waals surface area contributed by atoms with Crippen LogP contribution in [0.1, 0.15) is 36.1 Å². The van der Waals surface area contributed by atoms with Crippen LogP contribution in [0.2, 0.25) is 0 Å². The van der Waals surface area contributed by atoms with Crippen LogP contribution < -0.4 is 0 Å². The minimum atomic E-state index is -0.913. The summed E-state index contributed by atoms with van der Waals surface area (Å²) in [6.45, 7) is 4.66. The Kier molecular flexibility index (Phi) is 3.21. The van der Waals surface area contributed by atoms with Gasteiger partial charge in [-0.1, -0.05) is 6.07 Å². The van der Waals surface area contributed by atoms with E-state index >= 15 is 0 Å². The van der Waals surface area contributed by atoms with Crippen LogP contribution in [-0.4, -0.2) is 30.4 Å². The van der Waals surface area contributed by atoms with E-state index in [1.54, 1.807) is 18.5 Å². The quantitative estimate of drug-likeness (QED) is 0.799. The Hall–Kier alpha value is -2.63. The van der Waals surface area contributed by atoms with Crippen molar-refractivity contribution < 1.29 is 9.90 Å². The van der Waals surface area contributed by atoms with E-state index in [9.17, 15) is 9.90 Å². The summed E-state index contributed by atoms with van der Waals surface area (Å²) < 4.78 is 3.86. The summed E-state index contributed by atoms with van der Waals surface area (Å²) in [6, 6.07) is 7.35. The maximum Gasteiger partial charge on any atom is 0.336 e. The highest BCUT2D eigenvalue weighted by Crippen LogP contribution is 2.21. The fourth-order valence-corrected chi connectivity index (χ4v) is 2.52. The minimum Gasteiger partial charge on any atom is -0.478 e. The number of aromatic carboxylic acids is 1. The van der Waals surface area contributed by atoms with Gasteiger partial charge in [-0.2, -0.15) is 5.10 Å². The first-order valence-electron chi connectivity index (χ1n) is 6.77. The van der Waals surface area contributed by atoms with Gasteiger partial charge in [0.1, 0.15) is 12.2 Å². The second-order valence-corrected chi connectivity index (χ2v) is 5.20. The van der Waals surface area contributed by atoms with Crippen molar-refractivity contribution in [2.75, 3.05) is 0 Å². The van der Waals surface area contributed by atoms with Gasteiger partial charge >= 0.3 is 5.97 Å². The van der Waals surface area contributed by atoms with E-state index in [1.165, 1.54) is 0 Å². The van der Waals surface area contributed by atoms with E-state index in [0.717, 1.165) is 16.7 Å². The van der Waals surface area contributed by atoms with E-state index in [1.807, 2.05) is 27.6 Å². The molecule has 0 unspecified atom stereocenters. The van der Waals surface area contributed by atoms with Crippen LogP contribution in [0.3, 0.4) is 0 Å². The molecule has 0 atom stereocenters. The zero-order chi connectivity index (χ0) is 15.0. The van der Waals surface area contributed by atoms with Gasteiger partial charge in [-0.15, -0.1) is 0 Å². The van der Waals surface area contributed by atoms with E-state index in [0.29, 0.717) is 12.1 Å². The normalized spacial score (nSPS) is 11.4. The Balaban J connectivity index is 2.04. The topological polar surface area (TPSA) is 72.9 Å². The molecular weight excluding hydrogens is 268 g/mol. The summed E-state index contributed by atoms with van der Waals surface area (Å²) in [7, 11) is 0. The number of benzene rings is 1. The number of carbonyl (C=O) groups is 1. The molecule has 0 bridgehead atoms. The van der Waals surface area contributed by atoms with Gasteiger partial charge in [0, 0.05) is 23.1 Å². The molecular formula is C15H16N4O2. The molecule has 0 saturated heterocycles. The van der Waals surface area contributed by atoms with Crippen LogP contribution in [0.5, 0.6) is 0 Å². The molecule has 0 radical (unpaired) electrons. The molecule has 0 aliphatic heterocycles. The second kappa shape index (κ2) is 5.05. The van der Waals surface area contributed by atoms with Crippen LogP contribution in [0.4, 0.5) is 0 Å². The van der Waals surface area contributed by atoms with Crippen LogP contribution >= 0.6 is 0 Å². The number of hydrogen-bond donors (Lipinski definition) is 1. The minimum absolute atomic E-state index is 0.235. The van der Waals surface area contributed by atoms with Crippen molar-refractivity contribution in [2.24, 2.45) is 0 Å². The SMILES string of the molecule is CC(C)n1ncnc1Cn1ccc2c(C(=O)O)cccc21. The van der Waals surface area contributed by atoms with Gasteiger partial charge in [-0.3, -0.25) is 0 Å². The van der Waals surface area contributed by atoms with Gasteiger partial charge in [0.15, 0.2) is 0 Å². The van der Waals surface area contributed by atoms with Crippen molar-refractivity contribution in [1.29, 1.82) is 0 Å². The standard InChI is InChI=1S/C15H16N4O2/c1-10(2)19-14(16-9-17-19)8-18-7-6-11-12(15(20)21)4-3-5-13(11)18/h3-7,9-10H,8H2,1-2H3,(H,20,21). The Morgan fingerprint density at radius 1 is 1.33 bits per heavy atom. The van der Waals surface area contributed by atoms with Crippen LogP contribution in [0, 0.1) is 0 Å². The number of carboxylic acids is 1. The van der Waals surface area contributed by atoms with Gasteiger partial charge in [0.25, 0.3) is 0 Å². The highest BCUT2D eigenvalue weighted by Gasteiger charge is 2.13. The van der Waals surface area contributed by atoms with Crippen molar-refractivity contribution in [3.63, 3.8) is 0 Å². The number of rotatable bonds is 4. The Morgan fingerprint density at radius 3 is 2.86 bits per heavy atom. The molecule has 6 nitrogen and oxygen atoms in total. The smallest absolute Gasteiger partial charge is 0.336 e. The summed E-state index contributed by atoms with van der Waals surface area (Å²) in [5.74, 6) is -0.0630. The summed E-state index contributed by atoms with van der Waals surface area (Å²) in [5, 5.41) is 14.2. The summed E-state index contributed by atoms with van der Waals surface area (Å²) in [6.07, 6.45) is 3.43. The van der Waals surface area contributed by atoms with E-state index in [4.69, 9.17) is 0 Å². The molecule has 0 spiro atoms. The molecule has 3 aromatic rings. The molecule has 0 fully saturated rings. The first-order valence-corrected chi connectivity index (χ1v) is 6.77. The lowest BCUT2D eigenvalue weighted by Crippen LogP contribution is -2.11. The molecule has 1 N–H and O–H groups in total. The molecule has 1 aromatic carbocycles. The van der Waals surface area contributed by atoms with Crippen LogP contribution in [0.15, 0.2) is 36.8 Å². The van der Waals surface area contributed by atoms with Gasteiger partial charge in [0.05, 0.1) is 12.1 Å². The maximum absolute atomic E-state index is 11.2. The molecule has 0 amide bonds. The molecule has 108 valence electrons. The molecule has 6 heteroatoms. The van der Waals surface area contributed by atoms with Crippen LogP contribution in [0.25, 0.3) is 10.9 Å². The first-order chi connectivity index (χ1) is 10.1. The molecule has 0 saturated carbocycles. The van der Waals surface area contributed by atoms with E-state index in [2.05, 4.69) is 23.9 Å². The Bertz CT molecular complexity index is 801. The van der Waals surface area contributed by atoms with Crippen molar-refractivity contribution >= 4 is 16.9 Å². The largest absolute Gasteiger partial charge is 0.478 e. The molecule has 2 heterocycles. The molecule has 0 aliphatic carbocycles. The number of aromatic nitrogens is 4. The van der Waals surface area contributed by atoms with Gasteiger partial charge < -0.3 is 9.67 Å². The number of nitrogens with zero attached hydrogens (tertiary/aromatic N) is 4. The van der Waals surface area contributed by atoms with Crippen molar-refractivity contribution in [1.82, 2.24) is 19.3 Å². The summed E-state index contributed by atoms with van der Waals surface area (Å²) in [5.41, 5.74) is 1.20. The van der Waals surface area contributed by atoms with Gasteiger partial charge in [-0.05, 0) is 32.0 Å². The lowest BCUT2D eigenvalue weighted by Gasteiger charge is -2.10. The zero-order valence-electron chi connectivity index (χ0n) is 11.9. The fraction of sp³-hybridized carbons (Fsp3) is 0.267. The summed E-state index contributed by atoms with van der Waals surface area (Å²) >= 11 is 0. The summed E-state index contributed by atoms with van der Waals surface area (Å²) in [4.78, 5) is 15.5. The third-order valence-corrected chi connectivity index (χ3v) is 3.49. The Labute approximate surface area is 121 Å². The lowest BCUT2D eigenvalue weighted by molar-refractivity contribution is 0.0699. The monoisotopic (exact) mass is 284 g/mol. The molecule has 2 aromatic heterocycles.